The summed E-state index contributed by atoms with van der Waals surface area (Å²) in [6.45, 7) is 9.94. The first-order chi connectivity index (χ1) is 14.7. The van der Waals surface area contributed by atoms with E-state index in [4.69, 9.17) is 4.98 Å². The molecule has 0 aromatic carbocycles. The van der Waals surface area contributed by atoms with E-state index in [1.165, 1.54) is 0 Å². The molecule has 0 radical (unpaired) electrons. The van der Waals surface area contributed by atoms with Crippen molar-refractivity contribution in [2.45, 2.75) is 34.2 Å². The molecule has 0 unspecified atom stereocenters. The lowest BCUT2D eigenvalue weighted by Gasteiger charge is -2.20. The third-order valence-corrected chi connectivity index (χ3v) is 5.37. The summed E-state index contributed by atoms with van der Waals surface area (Å²) < 4.78 is 0. The molecule has 0 aliphatic heterocycles. The molecule has 31 heavy (non-hydrogen) atoms. The van der Waals surface area contributed by atoms with Crippen LogP contribution in [0.2, 0.25) is 0 Å². The van der Waals surface area contributed by atoms with Gasteiger partial charge in [-0.15, -0.1) is 11.3 Å². The minimum absolute atomic E-state index is 0.0272. The van der Waals surface area contributed by atoms with Gasteiger partial charge in [0.1, 0.15) is 16.6 Å². The average molecular weight is 439 g/mol. The number of aryl methyl sites for hydroxylation is 1. The number of likely N-dealkylation sites (N-methyl/N-ethyl adjacent to an activating group) is 1. The van der Waals surface area contributed by atoms with Crippen LogP contribution in [0.4, 0.5) is 11.6 Å². The Hall–Kier alpha value is -2.84. The number of carbonyl (C=O) groups excluding carboxylic acids is 1. The molecule has 0 fully saturated rings. The molecule has 3 aromatic rings. The molecule has 3 aromatic heterocycles. The van der Waals surface area contributed by atoms with E-state index >= 15 is 0 Å². The Morgan fingerprint density at radius 2 is 1.97 bits per heavy atom. The molecule has 0 aliphatic rings. The SMILES string of the molecule is Cc1ccnc(Nc2cccc(-c3cnc(CN(C)CC(=O)NCC(C)(C)C)s3)n2)c1. The van der Waals surface area contributed by atoms with Crippen molar-refractivity contribution >= 4 is 28.9 Å². The summed E-state index contributed by atoms with van der Waals surface area (Å²) in [5.74, 6) is 1.53. The monoisotopic (exact) mass is 438 g/mol. The maximum atomic E-state index is 12.1. The van der Waals surface area contributed by atoms with Gasteiger partial charge in [-0.05, 0) is 49.2 Å². The lowest BCUT2D eigenvalue weighted by Crippen LogP contribution is -2.38. The van der Waals surface area contributed by atoms with Gasteiger partial charge in [-0.25, -0.2) is 15.0 Å². The Kier molecular flexibility index (Phi) is 7.35. The number of amides is 1. The smallest absolute Gasteiger partial charge is 0.234 e. The van der Waals surface area contributed by atoms with Gasteiger partial charge in [0, 0.05) is 18.9 Å². The second kappa shape index (κ2) is 9.98. The van der Waals surface area contributed by atoms with Crippen molar-refractivity contribution in [2.24, 2.45) is 5.41 Å². The first-order valence-electron chi connectivity index (χ1n) is 10.2. The molecule has 0 spiro atoms. The van der Waals surface area contributed by atoms with Crippen LogP contribution in [0.25, 0.3) is 10.6 Å². The van der Waals surface area contributed by atoms with Crippen LogP contribution in [0.3, 0.4) is 0 Å². The molecule has 0 atom stereocenters. The number of thiazole rings is 1. The fourth-order valence-electron chi connectivity index (χ4n) is 2.83. The Labute approximate surface area is 188 Å². The van der Waals surface area contributed by atoms with Crippen LogP contribution >= 0.6 is 11.3 Å². The van der Waals surface area contributed by atoms with E-state index in [1.807, 2.05) is 55.4 Å². The number of anilines is 2. The van der Waals surface area contributed by atoms with E-state index in [-0.39, 0.29) is 11.3 Å². The number of carbonyl (C=O) groups is 1. The molecule has 2 N–H and O–H groups in total. The summed E-state index contributed by atoms with van der Waals surface area (Å²) in [5, 5.41) is 7.17. The number of pyridine rings is 2. The summed E-state index contributed by atoms with van der Waals surface area (Å²) in [6, 6.07) is 9.78. The quantitative estimate of drug-likeness (QED) is 0.547. The molecule has 164 valence electrons. The Bertz CT molecular complexity index is 1030. The van der Waals surface area contributed by atoms with Crippen molar-refractivity contribution in [3.8, 4) is 10.6 Å². The number of hydrogen-bond acceptors (Lipinski definition) is 7. The highest BCUT2D eigenvalue weighted by Crippen LogP contribution is 2.26. The molecule has 0 saturated carbocycles. The summed E-state index contributed by atoms with van der Waals surface area (Å²) in [5.41, 5.74) is 2.06. The van der Waals surface area contributed by atoms with Crippen LogP contribution in [-0.4, -0.2) is 45.9 Å². The first kappa shape index (κ1) is 22.8. The highest BCUT2D eigenvalue weighted by Gasteiger charge is 2.14. The van der Waals surface area contributed by atoms with Gasteiger partial charge < -0.3 is 10.6 Å². The van der Waals surface area contributed by atoms with E-state index in [0.717, 1.165) is 32.8 Å². The second-order valence-corrected chi connectivity index (χ2v) is 9.99. The number of rotatable bonds is 8. The molecule has 7 nitrogen and oxygen atoms in total. The van der Waals surface area contributed by atoms with E-state index in [9.17, 15) is 4.79 Å². The van der Waals surface area contributed by atoms with Crippen LogP contribution in [0.1, 0.15) is 31.3 Å². The fraction of sp³-hybridized carbons (Fsp3) is 0.391. The molecule has 0 aliphatic carbocycles. The molecule has 0 saturated heterocycles. The van der Waals surface area contributed by atoms with Crippen molar-refractivity contribution in [1.82, 2.24) is 25.2 Å². The van der Waals surface area contributed by atoms with Gasteiger partial charge in [0.15, 0.2) is 0 Å². The van der Waals surface area contributed by atoms with E-state index in [2.05, 4.69) is 41.4 Å². The third-order valence-electron chi connectivity index (χ3n) is 4.36. The Morgan fingerprint density at radius 1 is 1.16 bits per heavy atom. The summed E-state index contributed by atoms with van der Waals surface area (Å²) >= 11 is 1.59. The van der Waals surface area contributed by atoms with Gasteiger partial charge in [-0.1, -0.05) is 26.8 Å². The molecular formula is C23H30N6OS. The number of aromatic nitrogens is 3. The van der Waals surface area contributed by atoms with Gasteiger partial charge in [-0.2, -0.15) is 0 Å². The lowest BCUT2D eigenvalue weighted by molar-refractivity contribution is -0.122. The van der Waals surface area contributed by atoms with Crippen LogP contribution < -0.4 is 10.6 Å². The fourth-order valence-corrected chi connectivity index (χ4v) is 3.80. The highest BCUT2D eigenvalue weighted by molar-refractivity contribution is 7.15. The van der Waals surface area contributed by atoms with Gasteiger partial charge in [-0.3, -0.25) is 9.69 Å². The topological polar surface area (TPSA) is 83.0 Å². The molecule has 8 heteroatoms. The molecular weight excluding hydrogens is 408 g/mol. The largest absolute Gasteiger partial charge is 0.354 e. The molecule has 3 rings (SSSR count). The zero-order chi connectivity index (χ0) is 22.4. The molecule has 0 bridgehead atoms. The van der Waals surface area contributed by atoms with Crippen molar-refractivity contribution < 1.29 is 4.79 Å². The standard InChI is InChI=1S/C23H30N6OS/c1-16-9-10-24-20(11-16)28-19-8-6-7-17(27-19)18-12-25-22(31-18)14-29(5)13-21(30)26-15-23(2,3)4/h6-12H,13-15H2,1-5H3,(H,26,30)(H,24,27,28). The summed E-state index contributed by atoms with van der Waals surface area (Å²) in [4.78, 5) is 28.6. The third kappa shape index (κ3) is 7.41. The lowest BCUT2D eigenvalue weighted by atomic mass is 9.97. The predicted octanol–water partition coefficient (Wildman–Crippen LogP) is 4.25. The second-order valence-electron chi connectivity index (χ2n) is 8.88. The predicted molar refractivity (Wildman–Crippen MR) is 126 cm³/mol. The van der Waals surface area contributed by atoms with E-state index < -0.39 is 0 Å². The summed E-state index contributed by atoms with van der Waals surface area (Å²) in [6.07, 6.45) is 3.61. The Morgan fingerprint density at radius 3 is 2.71 bits per heavy atom. The van der Waals surface area contributed by atoms with Gasteiger partial charge in [0.2, 0.25) is 5.91 Å². The van der Waals surface area contributed by atoms with Crippen LogP contribution in [0.5, 0.6) is 0 Å². The zero-order valence-corrected chi connectivity index (χ0v) is 19.6. The minimum atomic E-state index is 0.0272. The zero-order valence-electron chi connectivity index (χ0n) is 18.8. The Balaban J connectivity index is 1.59. The van der Waals surface area contributed by atoms with Gasteiger partial charge in [0.25, 0.3) is 0 Å². The van der Waals surface area contributed by atoms with Crippen molar-refractivity contribution in [3.63, 3.8) is 0 Å². The van der Waals surface area contributed by atoms with Crippen LogP contribution in [0.15, 0.2) is 42.7 Å². The normalized spacial score (nSPS) is 11.5. The van der Waals surface area contributed by atoms with Crippen molar-refractivity contribution in [2.75, 3.05) is 25.5 Å². The number of hydrogen-bond donors (Lipinski definition) is 2. The van der Waals surface area contributed by atoms with Gasteiger partial charge in [0.05, 0.1) is 23.7 Å². The van der Waals surface area contributed by atoms with E-state index in [0.29, 0.717) is 19.6 Å². The minimum Gasteiger partial charge on any atom is -0.354 e. The van der Waals surface area contributed by atoms with Crippen molar-refractivity contribution in [3.05, 3.63) is 53.3 Å². The van der Waals surface area contributed by atoms with Gasteiger partial charge >= 0.3 is 0 Å². The maximum absolute atomic E-state index is 12.1. The summed E-state index contributed by atoms with van der Waals surface area (Å²) in [7, 11) is 1.93. The average Bonchev–Trinajstić information content (AvgIpc) is 3.14. The van der Waals surface area contributed by atoms with E-state index in [1.54, 1.807) is 17.5 Å². The number of nitrogens with one attached hydrogen (secondary N) is 2. The van der Waals surface area contributed by atoms with Crippen LogP contribution in [0, 0.1) is 12.3 Å². The van der Waals surface area contributed by atoms with Crippen molar-refractivity contribution in [1.29, 1.82) is 0 Å². The van der Waals surface area contributed by atoms with Crippen LogP contribution in [-0.2, 0) is 11.3 Å². The number of nitrogens with zero attached hydrogens (tertiary/aromatic N) is 4. The highest BCUT2D eigenvalue weighted by atomic mass is 32.1. The molecule has 1 amide bonds. The molecule has 3 heterocycles. The maximum Gasteiger partial charge on any atom is 0.234 e. The first-order valence-corrected chi connectivity index (χ1v) is 11.1.